The van der Waals surface area contributed by atoms with Crippen LogP contribution in [0.3, 0.4) is 0 Å². The first-order valence-corrected chi connectivity index (χ1v) is 9.34. The Kier molecular flexibility index (Phi) is 5.10. The van der Waals surface area contributed by atoms with Crippen molar-refractivity contribution < 1.29 is 13.2 Å². The van der Waals surface area contributed by atoms with Gasteiger partial charge in [-0.25, -0.2) is 9.36 Å². The molecule has 0 saturated heterocycles. The molecule has 2 aromatic carbocycles. The van der Waals surface area contributed by atoms with Crippen molar-refractivity contribution in [3.05, 3.63) is 88.8 Å². The Morgan fingerprint density at radius 2 is 1.71 bits per heavy atom. The SMILES string of the molecule is CN(C)c1ccc(C(F)(F)F)cc1-n1ccc(=O)c(-c2ccnn2-c2ccccc2)n1. The summed E-state index contributed by atoms with van der Waals surface area (Å²) in [4.78, 5) is 14.3. The van der Waals surface area contributed by atoms with Crippen LogP contribution >= 0.6 is 0 Å². The second-order valence-corrected chi connectivity index (χ2v) is 7.03. The van der Waals surface area contributed by atoms with Gasteiger partial charge in [-0.05, 0) is 36.4 Å². The summed E-state index contributed by atoms with van der Waals surface area (Å²) in [6.07, 6.45) is -1.61. The van der Waals surface area contributed by atoms with E-state index in [1.54, 1.807) is 29.7 Å². The van der Waals surface area contributed by atoms with E-state index in [2.05, 4.69) is 10.2 Å². The Morgan fingerprint density at radius 1 is 0.968 bits per heavy atom. The van der Waals surface area contributed by atoms with Crippen LogP contribution in [0.2, 0.25) is 0 Å². The zero-order valence-corrected chi connectivity index (χ0v) is 16.7. The smallest absolute Gasteiger partial charge is 0.376 e. The lowest BCUT2D eigenvalue weighted by Gasteiger charge is -2.20. The minimum absolute atomic E-state index is 0.0750. The fourth-order valence-corrected chi connectivity index (χ4v) is 3.24. The zero-order valence-electron chi connectivity index (χ0n) is 16.7. The van der Waals surface area contributed by atoms with Crippen LogP contribution in [0.4, 0.5) is 18.9 Å². The van der Waals surface area contributed by atoms with Crippen molar-refractivity contribution in [2.45, 2.75) is 6.18 Å². The topological polar surface area (TPSA) is 56.0 Å². The molecule has 31 heavy (non-hydrogen) atoms. The zero-order chi connectivity index (χ0) is 22.2. The van der Waals surface area contributed by atoms with Gasteiger partial charge in [0.2, 0.25) is 5.43 Å². The molecule has 2 aromatic heterocycles. The van der Waals surface area contributed by atoms with Gasteiger partial charge in [-0.1, -0.05) is 18.2 Å². The van der Waals surface area contributed by atoms with E-state index in [9.17, 15) is 18.0 Å². The second-order valence-electron chi connectivity index (χ2n) is 7.03. The van der Waals surface area contributed by atoms with Gasteiger partial charge in [-0.3, -0.25) is 4.79 Å². The maximum Gasteiger partial charge on any atom is 0.416 e. The first-order valence-electron chi connectivity index (χ1n) is 9.34. The normalized spacial score (nSPS) is 11.5. The molecule has 0 aliphatic heterocycles. The van der Waals surface area contributed by atoms with Crippen LogP contribution in [-0.2, 0) is 6.18 Å². The Labute approximate surface area is 175 Å². The summed E-state index contributed by atoms with van der Waals surface area (Å²) < 4.78 is 42.8. The number of hydrogen-bond donors (Lipinski definition) is 0. The van der Waals surface area contributed by atoms with Crippen molar-refractivity contribution in [3.63, 3.8) is 0 Å². The quantitative estimate of drug-likeness (QED) is 0.493. The van der Waals surface area contributed by atoms with E-state index in [4.69, 9.17) is 0 Å². The standard InChI is InChI=1S/C22H18F3N5O/c1-28(2)17-9-8-15(22(23,24)25)14-19(17)29-13-11-20(31)21(27-29)18-10-12-26-30(18)16-6-4-3-5-7-16/h3-14H,1-2H3. The molecule has 0 saturated carbocycles. The Hall–Kier alpha value is -3.88. The van der Waals surface area contributed by atoms with Crippen molar-refractivity contribution in [3.8, 4) is 22.8 Å². The van der Waals surface area contributed by atoms with Crippen molar-refractivity contribution in [2.75, 3.05) is 19.0 Å². The number of para-hydroxylation sites is 1. The molecule has 0 aliphatic carbocycles. The minimum atomic E-state index is -4.51. The Balaban J connectivity index is 1.90. The van der Waals surface area contributed by atoms with Crippen LogP contribution in [0, 0.1) is 0 Å². The molecule has 4 aromatic rings. The highest BCUT2D eigenvalue weighted by Crippen LogP contribution is 2.34. The number of nitrogens with zero attached hydrogens (tertiary/aromatic N) is 5. The molecule has 0 amide bonds. The van der Waals surface area contributed by atoms with Crippen molar-refractivity contribution in [1.29, 1.82) is 0 Å². The van der Waals surface area contributed by atoms with Crippen LogP contribution in [0.1, 0.15) is 5.56 Å². The fourth-order valence-electron chi connectivity index (χ4n) is 3.24. The van der Waals surface area contributed by atoms with Crippen LogP contribution < -0.4 is 10.3 Å². The second kappa shape index (κ2) is 7.75. The van der Waals surface area contributed by atoms with E-state index in [1.165, 1.54) is 29.2 Å². The van der Waals surface area contributed by atoms with Crippen LogP contribution in [0.15, 0.2) is 77.9 Å². The molecule has 9 heteroatoms. The molecule has 0 radical (unpaired) electrons. The third-order valence-electron chi connectivity index (χ3n) is 4.73. The van der Waals surface area contributed by atoms with Gasteiger partial charge in [0.25, 0.3) is 0 Å². The van der Waals surface area contributed by atoms with E-state index in [0.29, 0.717) is 11.4 Å². The molecule has 0 fully saturated rings. The number of aromatic nitrogens is 4. The highest BCUT2D eigenvalue weighted by Gasteiger charge is 2.31. The molecule has 0 N–H and O–H groups in total. The average Bonchev–Trinajstić information content (AvgIpc) is 3.23. The van der Waals surface area contributed by atoms with Crippen molar-refractivity contribution in [2.24, 2.45) is 0 Å². The molecule has 0 aliphatic rings. The first kappa shape index (κ1) is 20.4. The van der Waals surface area contributed by atoms with E-state index >= 15 is 0 Å². The van der Waals surface area contributed by atoms with Gasteiger partial charge in [-0.15, -0.1) is 0 Å². The lowest BCUT2D eigenvalue weighted by atomic mass is 10.1. The summed E-state index contributed by atoms with van der Waals surface area (Å²) >= 11 is 0. The minimum Gasteiger partial charge on any atom is -0.376 e. The number of hydrogen-bond acceptors (Lipinski definition) is 4. The van der Waals surface area contributed by atoms with Crippen LogP contribution in [-0.4, -0.2) is 33.7 Å². The summed E-state index contributed by atoms with van der Waals surface area (Å²) in [6.45, 7) is 0. The van der Waals surface area contributed by atoms with Crippen molar-refractivity contribution in [1.82, 2.24) is 19.6 Å². The third-order valence-corrected chi connectivity index (χ3v) is 4.73. The van der Waals surface area contributed by atoms with E-state index < -0.39 is 11.7 Å². The summed E-state index contributed by atoms with van der Waals surface area (Å²) in [5.74, 6) is 0. The lowest BCUT2D eigenvalue weighted by Crippen LogP contribution is -2.18. The van der Waals surface area contributed by atoms with Gasteiger partial charge in [0, 0.05) is 26.4 Å². The molecule has 2 heterocycles. The summed E-state index contributed by atoms with van der Waals surface area (Å²) in [5.41, 5.74) is 0.789. The maximum atomic E-state index is 13.3. The average molecular weight is 425 g/mol. The molecule has 4 rings (SSSR count). The molecule has 0 unspecified atom stereocenters. The monoisotopic (exact) mass is 425 g/mol. The van der Waals surface area contributed by atoms with E-state index in [0.717, 1.165) is 17.8 Å². The fraction of sp³-hybridized carbons (Fsp3) is 0.136. The summed E-state index contributed by atoms with van der Waals surface area (Å²) in [6, 6.07) is 15.5. The van der Waals surface area contributed by atoms with E-state index in [-0.39, 0.29) is 16.8 Å². The molecule has 0 atom stereocenters. The third kappa shape index (κ3) is 3.94. The van der Waals surface area contributed by atoms with Gasteiger partial charge in [0.05, 0.1) is 34.5 Å². The van der Waals surface area contributed by atoms with Crippen molar-refractivity contribution >= 4 is 5.69 Å². The largest absolute Gasteiger partial charge is 0.416 e. The number of anilines is 1. The number of alkyl halides is 3. The molecule has 6 nitrogen and oxygen atoms in total. The summed E-state index contributed by atoms with van der Waals surface area (Å²) in [5, 5.41) is 8.66. The molecule has 0 spiro atoms. The molecule has 158 valence electrons. The van der Waals surface area contributed by atoms with Crippen LogP contribution in [0.5, 0.6) is 0 Å². The van der Waals surface area contributed by atoms with Gasteiger partial charge >= 0.3 is 6.18 Å². The molecule has 0 bridgehead atoms. The Morgan fingerprint density at radius 3 is 2.39 bits per heavy atom. The molecular weight excluding hydrogens is 407 g/mol. The van der Waals surface area contributed by atoms with Gasteiger partial charge < -0.3 is 4.90 Å². The maximum absolute atomic E-state index is 13.3. The Bertz CT molecular complexity index is 1280. The van der Waals surface area contributed by atoms with Gasteiger partial charge in [-0.2, -0.15) is 23.4 Å². The van der Waals surface area contributed by atoms with Crippen LogP contribution in [0.25, 0.3) is 22.8 Å². The number of benzene rings is 2. The predicted octanol–water partition coefficient (Wildman–Crippen LogP) is 4.17. The van der Waals surface area contributed by atoms with Gasteiger partial charge in [0.15, 0.2) is 5.69 Å². The number of rotatable bonds is 4. The highest BCUT2D eigenvalue weighted by atomic mass is 19.4. The molecular formula is C22H18F3N5O. The predicted molar refractivity (Wildman–Crippen MR) is 112 cm³/mol. The summed E-state index contributed by atoms with van der Waals surface area (Å²) in [7, 11) is 3.44. The first-order chi connectivity index (χ1) is 14.8. The lowest BCUT2D eigenvalue weighted by molar-refractivity contribution is -0.137. The van der Waals surface area contributed by atoms with E-state index in [1.807, 2.05) is 30.3 Å². The number of halogens is 3. The highest BCUT2D eigenvalue weighted by molar-refractivity contribution is 5.64. The van der Waals surface area contributed by atoms with Gasteiger partial charge in [0.1, 0.15) is 0 Å².